The molecule has 1 unspecified atom stereocenters. The van der Waals surface area contributed by atoms with Gasteiger partial charge in [0.25, 0.3) is 0 Å². The topological polar surface area (TPSA) is 70.2 Å². The van der Waals surface area contributed by atoms with E-state index < -0.39 is 0 Å². The number of benzene rings is 1. The first-order chi connectivity index (χ1) is 9.72. The summed E-state index contributed by atoms with van der Waals surface area (Å²) in [6, 6.07) is 5.73. The van der Waals surface area contributed by atoms with Gasteiger partial charge in [-0.25, -0.2) is 0 Å². The molecule has 2 aliphatic rings. The highest BCUT2D eigenvalue weighted by Crippen LogP contribution is 2.26. The van der Waals surface area contributed by atoms with E-state index in [1.165, 1.54) is 0 Å². The molecule has 3 N–H and O–H groups in total. The third-order valence-corrected chi connectivity index (χ3v) is 3.94. The average Bonchev–Trinajstić information content (AvgIpc) is 2.47. The summed E-state index contributed by atoms with van der Waals surface area (Å²) in [5.74, 6) is 0.131. The number of hydrogen-bond donors (Lipinski definition) is 3. The lowest BCUT2D eigenvalue weighted by atomic mass is 9.98. The molecular weight excluding hydrogens is 254 g/mol. The highest BCUT2D eigenvalue weighted by molar-refractivity contribution is 5.97. The van der Waals surface area contributed by atoms with Gasteiger partial charge in [-0.3, -0.25) is 9.59 Å². The molecule has 0 spiro atoms. The smallest absolute Gasteiger partial charge is 0.228 e. The molecule has 1 atom stereocenters. The molecule has 5 nitrogen and oxygen atoms in total. The Morgan fingerprint density at radius 3 is 3.00 bits per heavy atom. The van der Waals surface area contributed by atoms with Gasteiger partial charge in [-0.15, -0.1) is 0 Å². The maximum Gasteiger partial charge on any atom is 0.228 e. The molecule has 0 aromatic heterocycles. The van der Waals surface area contributed by atoms with Gasteiger partial charge in [0, 0.05) is 24.3 Å². The lowest BCUT2D eigenvalue weighted by Crippen LogP contribution is -2.37. The summed E-state index contributed by atoms with van der Waals surface area (Å²) in [5.41, 5.74) is 2.70. The molecule has 3 rings (SSSR count). The molecule has 1 fully saturated rings. The lowest BCUT2D eigenvalue weighted by molar-refractivity contribution is -0.120. The van der Waals surface area contributed by atoms with Crippen molar-refractivity contribution in [3.8, 4) is 0 Å². The van der Waals surface area contributed by atoms with Gasteiger partial charge in [0.05, 0.1) is 5.92 Å². The Morgan fingerprint density at radius 2 is 2.20 bits per heavy atom. The minimum absolute atomic E-state index is 0.0365. The van der Waals surface area contributed by atoms with Crippen LogP contribution >= 0.6 is 0 Å². The molecule has 2 heterocycles. The van der Waals surface area contributed by atoms with E-state index >= 15 is 0 Å². The third kappa shape index (κ3) is 2.82. The molecule has 1 saturated heterocycles. The monoisotopic (exact) mass is 273 g/mol. The molecule has 0 aliphatic carbocycles. The fraction of sp³-hybridized carbons (Fsp3) is 0.467. The Bertz CT molecular complexity index is 536. The van der Waals surface area contributed by atoms with Crippen LogP contribution in [0.3, 0.4) is 0 Å². The largest absolute Gasteiger partial charge is 0.326 e. The van der Waals surface area contributed by atoms with Gasteiger partial charge in [0.15, 0.2) is 0 Å². The second-order valence-electron chi connectivity index (χ2n) is 5.45. The molecule has 1 aromatic rings. The fourth-order valence-electron chi connectivity index (χ4n) is 2.77. The van der Waals surface area contributed by atoms with Crippen LogP contribution in [0.2, 0.25) is 0 Å². The molecular formula is C15H19N3O2. The van der Waals surface area contributed by atoms with Crippen molar-refractivity contribution < 1.29 is 9.59 Å². The van der Waals surface area contributed by atoms with Gasteiger partial charge in [0.1, 0.15) is 0 Å². The molecule has 106 valence electrons. The minimum Gasteiger partial charge on any atom is -0.326 e. The van der Waals surface area contributed by atoms with Gasteiger partial charge in [-0.1, -0.05) is 6.07 Å². The van der Waals surface area contributed by atoms with E-state index in [0.717, 1.165) is 49.3 Å². The number of fused-ring (bicyclic) bond motifs is 1. The molecule has 20 heavy (non-hydrogen) atoms. The van der Waals surface area contributed by atoms with E-state index in [1.807, 2.05) is 18.2 Å². The first kappa shape index (κ1) is 13.1. The Kier molecular flexibility index (Phi) is 3.69. The predicted octanol–water partition coefficient (Wildman–Crippen LogP) is 1.51. The standard InChI is InChI=1S/C15H19N3O2/c19-14-6-4-10-3-5-12(8-13(10)18-14)17-15(20)11-2-1-7-16-9-11/h3,5,8,11,16H,1-2,4,6-7,9H2,(H,17,20)(H,18,19). The van der Waals surface area contributed by atoms with Crippen molar-refractivity contribution in [1.29, 1.82) is 0 Å². The van der Waals surface area contributed by atoms with Gasteiger partial charge < -0.3 is 16.0 Å². The first-order valence-corrected chi connectivity index (χ1v) is 7.17. The number of carbonyl (C=O) groups is 2. The van der Waals surface area contributed by atoms with Crippen LogP contribution in [0.1, 0.15) is 24.8 Å². The van der Waals surface area contributed by atoms with Crippen molar-refractivity contribution in [2.75, 3.05) is 23.7 Å². The van der Waals surface area contributed by atoms with Gasteiger partial charge in [-0.2, -0.15) is 0 Å². The van der Waals surface area contributed by atoms with E-state index in [-0.39, 0.29) is 17.7 Å². The second kappa shape index (κ2) is 5.63. The third-order valence-electron chi connectivity index (χ3n) is 3.94. The van der Waals surface area contributed by atoms with Crippen molar-refractivity contribution in [2.45, 2.75) is 25.7 Å². The van der Waals surface area contributed by atoms with Crippen molar-refractivity contribution in [2.24, 2.45) is 5.92 Å². The molecule has 5 heteroatoms. The summed E-state index contributed by atoms with van der Waals surface area (Å²) >= 11 is 0. The van der Waals surface area contributed by atoms with Crippen LogP contribution in [0.5, 0.6) is 0 Å². The van der Waals surface area contributed by atoms with E-state index in [0.29, 0.717) is 6.42 Å². The van der Waals surface area contributed by atoms with Crippen LogP contribution in [0, 0.1) is 5.92 Å². The number of anilines is 2. The molecule has 2 aliphatic heterocycles. The van der Waals surface area contributed by atoms with Crippen LogP contribution in [-0.2, 0) is 16.0 Å². The minimum atomic E-state index is 0.0365. The van der Waals surface area contributed by atoms with E-state index in [1.54, 1.807) is 0 Å². The lowest BCUT2D eigenvalue weighted by Gasteiger charge is -2.22. The zero-order valence-electron chi connectivity index (χ0n) is 11.4. The SMILES string of the molecule is O=C1CCc2ccc(NC(=O)C3CCCNC3)cc2N1. The number of amides is 2. The van der Waals surface area contributed by atoms with Crippen LogP contribution in [-0.4, -0.2) is 24.9 Å². The Balaban J connectivity index is 1.69. The maximum atomic E-state index is 12.2. The van der Waals surface area contributed by atoms with Gasteiger partial charge in [0.2, 0.25) is 11.8 Å². The normalized spacial score (nSPS) is 21.8. The van der Waals surface area contributed by atoms with Crippen molar-refractivity contribution in [1.82, 2.24) is 5.32 Å². The Hall–Kier alpha value is -1.88. The predicted molar refractivity (Wildman–Crippen MR) is 77.6 cm³/mol. The number of carbonyl (C=O) groups excluding carboxylic acids is 2. The zero-order valence-corrected chi connectivity index (χ0v) is 11.4. The van der Waals surface area contributed by atoms with Gasteiger partial charge >= 0.3 is 0 Å². The number of nitrogens with one attached hydrogen (secondary N) is 3. The molecule has 0 bridgehead atoms. The van der Waals surface area contributed by atoms with Gasteiger partial charge in [-0.05, 0) is 43.5 Å². The summed E-state index contributed by atoms with van der Waals surface area (Å²) in [5, 5.41) is 9.04. The highest BCUT2D eigenvalue weighted by Gasteiger charge is 2.21. The number of aryl methyl sites for hydroxylation is 1. The maximum absolute atomic E-state index is 12.2. The molecule has 1 aromatic carbocycles. The van der Waals surface area contributed by atoms with Crippen molar-refractivity contribution >= 4 is 23.2 Å². The summed E-state index contributed by atoms with van der Waals surface area (Å²) < 4.78 is 0. The Morgan fingerprint density at radius 1 is 1.30 bits per heavy atom. The van der Waals surface area contributed by atoms with E-state index in [4.69, 9.17) is 0 Å². The summed E-state index contributed by atoms with van der Waals surface area (Å²) in [7, 11) is 0. The summed E-state index contributed by atoms with van der Waals surface area (Å²) in [6.07, 6.45) is 3.27. The van der Waals surface area contributed by atoms with Crippen molar-refractivity contribution in [3.63, 3.8) is 0 Å². The van der Waals surface area contributed by atoms with Crippen LogP contribution in [0.15, 0.2) is 18.2 Å². The van der Waals surface area contributed by atoms with E-state index in [2.05, 4.69) is 16.0 Å². The number of piperidine rings is 1. The Labute approximate surface area is 118 Å². The summed E-state index contributed by atoms with van der Waals surface area (Å²) in [4.78, 5) is 23.6. The quantitative estimate of drug-likeness (QED) is 0.765. The summed E-state index contributed by atoms with van der Waals surface area (Å²) in [6.45, 7) is 1.74. The highest BCUT2D eigenvalue weighted by atomic mass is 16.2. The second-order valence-corrected chi connectivity index (χ2v) is 5.45. The van der Waals surface area contributed by atoms with Crippen LogP contribution in [0.4, 0.5) is 11.4 Å². The van der Waals surface area contributed by atoms with Crippen molar-refractivity contribution in [3.05, 3.63) is 23.8 Å². The molecule has 0 saturated carbocycles. The molecule has 2 amide bonds. The number of hydrogen-bond acceptors (Lipinski definition) is 3. The fourth-order valence-corrected chi connectivity index (χ4v) is 2.77. The van der Waals surface area contributed by atoms with Crippen LogP contribution in [0.25, 0.3) is 0 Å². The average molecular weight is 273 g/mol. The van der Waals surface area contributed by atoms with Crippen LogP contribution < -0.4 is 16.0 Å². The molecule has 0 radical (unpaired) electrons. The van der Waals surface area contributed by atoms with E-state index in [9.17, 15) is 9.59 Å². The zero-order chi connectivity index (χ0) is 13.9. The first-order valence-electron chi connectivity index (χ1n) is 7.17. The number of rotatable bonds is 2.